The molecule has 0 aliphatic carbocycles. The second-order valence-corrected chi connectivity index (χ2v) is 8.56. The molecular weight excluding hydrogens is 452 g/mol. The lowest BCUT2D eigenvalue weighted by molar-refractivity contribution is -0.137. The van der Waals surface area contributed by atoms with Gasteiger partial charge in [0.2, 0.25) is 15.3 Å². The van der Waals surface area contributed by atoms with E-state index in [1.165, 1.54) is 12.1 Å². The fraction of sp³-hybridized carbons (Fsp3) is 0.200. The summed E-state index contributed by atoms with van der Waals surface area (Å²) in [6.45, 7) is -0.594. The molecule has 0 bridgehead atoms. The number of alkyl halides is 3. The molecule has 2 rings (SSSR count). The van der Waals surface area contributed by atoms with Crippen LogP contribution in [-0.2, 0) is 21.0 Å². The molecule has 0 atom stereocenters. The van der Waals surface area contributed by atoms with Crippen molar-refractivity contribution in [2.75, 3.05) is 13.6 Å². The summed E-state index contributed by atoms with van der Waals surface area (Å²) >= 11 is 17.0. The lowest BCUT2D eigenvalue weighted by Gasteiger charge is -2.17. The van der Waals surface area contributed by atoms with Gasteiger partial charge in [-0.05, 0) is 29.8 Å². The Morgan fingerprint density at radius 3 is 2.33 bits per heavy atom. The predicted molar refractivity (Wildman–Crippen MR) is 95.4 cm³/mol. The van der Waals surface area contributed by atoms with Crippen molar-refractivity contribution >= 4 is 50.1 Å². The van der Waals surface area contributed by atoms with E-state index < -0.39 is 33.6 Å². The van der Waals surface area contributed by atoms with E-state index in [0.717, 1.165) is 13.1 Å². The lowest BCUT2D eigenvalue weighted by Crippen LogP contribution is -2.30. The van der Waals surface area contributed by atoms with Crippen LogP contribution in [0.3, 0.4) is 0 Å². The monoisotopic (exact) mass is 460 g/mol. The van der Waals surface area contributed by atoms with Gasteiger partial charge in [0, 0.05) is 18.8 Å². The van der Waals surface area contributed by atoms with Gasteiger partial charge < -0.3 is 0 Å². The van der Waals surface area contributed by atoms with Gasteiger partial charge in [0.15, 0.2) is 0 Å². The molecule has 0 fully saturated rings. The fourth-order valence-corrected chi connectivity index (χ4v) is 4.23. The zero-order chi connectivity index (χ0) is 20.6. The van der Waals surface area contributed by atoms with Crippen molar-refractivity contribution in [2.24, 2.45) is 0 Å². The number of hydrogen-bond donors (Lipinski definition) is 0. The Balaban J connectivity index is 2.54. The van der Waals surface area contributed by atoms with Crippen molar-refractivity contribution in [2.45, 2.75) is 11.1 Å². The number of aromatic nitrogens is 1. The van der Waals surface area contributed by atoms with Gasteiger partial charge in [-0.2, -0.15) is 17.5 Å². The van der Waals surface area contributed by atoms with Crippen LogP contribution < -0.4 is 0 Å². The van der Waals surface area contributed by atoms with Crippen LogP contribution >= 0.6 is 34.8 Å². The molecule has 0 aliphatic heterocycles. The van der Waals surface area contributed by atoms with Gasteiger partial charge in [-0.3, -0.25) is 9.78 Å². The second-order valence-electron chi connectivity index (χ2n) is 5.31. The largest absolute Gasteiger partial charge is 0.417 e. The minimum absolute atomic E-state index is 0.0612. The number of pyridine rings is 1. The molecule has 1 heterocycles. The first kappa shape index (κ1) is 21.9. The number of rotatable bonds is 5. The molecule has 12 heteroatoms. The predicted octanol–water partition coefficient (Wildman–Crippen LogP) is 4.46. The van der Waals surface area contributed by atoms with Crippen LogP contribution in [0.1, 0.15) is 5.56 Å². The standard InChI is InChI=1S/C15H10Cl3F3N2O3S/c1-23(7-13(18)24)27(25,26)12-4-8(2-3-10(12)16)14-11(17)5-9(6-22-14)15(19,20)21/h2-6H,7H2,1H3. The van der Waals surface area contributed by atoms with Gasteiger partial charge in [-0.1, -0.05) is 29.3 Å². The maximum Gasteiger partial charge on any atom is 0.417 e. The van der Waals surface area contributed by atoms with Crippen molar-refractivity contribution in [3.8, 4) is 11.3 Å². The molecule has 27 heavy (non-hydrogen) atoms. The number of carbonyl (C=O) groups excluding carboxylic acids is 1. The fourth-order valence-electron chi connectivity index (χ4n) is 2.08. The Morgan fingerprint density at radius 1 is 1.19 bits per heavy atom. The number of hydrogen-bond acceptors (Lipinski definition) is 4. The third-order valence-electron chi connectivity index (χ3n) is 3.41. The molecule has 0 N–H and O–H groups in total. The van der Waals surface area contributed by atoms with Crippen LogP contribution in [0.4, 0.5) is 13.2 Å². The first-order valence-electron chi connectivity index (χ1n) is 7.01. The number of nitrogens with zero attached hydrogens (tertiary/aromatic N) is 2. The summed E-state index contributed by atoms with van der Waals surface area (Å²) in [5.41, 5.74) is -0.977. The highest BCUT2D eigenvalue weighted by Crippen LogP contribution is 2.36. The van der Waals surface area contributed by atoms with Crippen molar-refractivity contribution in [1.82, 2.24) is 9.29 Å². The van der Waals surface area contributed by atoms with Crippen molar-refractivity contribution in [3.05, 3.63) is 46.1 Å². The quantitative estimate of drug-likeness (QED) is 0.617. The smallest absolute Gasteiger partial charge is 0.280 e. The Hall–Kier alpha value is -1.39. The topological polar surface area (TPSA) is 67.3 Å². The van der Waals surface area contributed by atoms with Gasteiger partial charge in [0.05, 0.1) is 27.8 Å². The SMILES string of the molecule is CN(CC(=O)Cl)S(=O)(=O)c1cc(-c2ncc(C(F)(F)F)cc2Cl)ccc1Cl. The number of likely N-dealkylation sites (N-methyl/N-ethyl adjacent to an activating group) is 1. The minimum Gasteiger partial charge on any atom is -0.280 e. The second kappa shape index (κ2) is 7.92. The summed E-state index contributed by atoms with van der Waals surface area (Å²) in [7, 11) is -3.07. The minimum atomic E-state index is -4.62. The van der Waals surface area contributed by atoms with Crippen LogP contribution in [-0.4, -0.2) is 36.5 Å². The molecule has 5 nitrogen and oxygen atoms in total. The molecule has 0 saturated heterocycles. The normalized spacial score (nSPS) is 12.4. The molecule has 1 aromatic heterocycles. The molecule has 2 aromatic rings. The summed E-state index contributed by atoms with van der Waals surface area (Å²) in [5.74, 6) is 0. The van der Waals surface area contributed by atoms with Crippen molar-refractivity contribution < 1.29 is 26.4 Å². The van der Waals surface area contributed by atoms with Crippen LogP contribution in [0.2, 0.25) is 10.0 Å². The number of benzene rings is 1. The summed E-state index contributed by atoms with van der Waals surface area (Å²) in [5, 5.41) is -1.38. The van der Waals surface area contributed by atoms with E-state index in [9.17, 15) is 26.4 Å². The van der Waals surface area contributed by atoms with Crippen LogP contribution in [0.25, 0.3) is 11.3 Å². The van der Waals surface area contributed by atoms with Gasteiger partial charge in [0.25, 0.3) is 0 Å². The van der Waals surface area contributed by atoms with E-state index in [-0.39, 0.29) is 26.2 Å². The molecule has 0 amide bonds. The molecule has 0 saturated carbocycles. The maximum absolute atomic E-state index is 12.7. The molecule has 0 aliphatic rings. The van der Waals surface area contributed by atoms with E-state index in [1.54, 1.807) is 0 Å². The summed E-state index contributed by atoms with van der Waals surface area (Å²) in [6.07, 6.45) is -4.04. The highest BCUT2D eigenvalue weighted by Gasteiger charge is 2.32. The lowest BCUT2D eigenvalue weighted by atomic mass is 10.1. The van der Waals surface area contributed by atoms with Gasteiger partial charge in [-0.25, -0.2) is 8.42 Å². The third-order valence-corrected chi connectivity index (χ3v) is 6.10. The van der Waals surface area contributed by atoms with Gasteiger partial charge in [0.1, 0.15) is 4.90 Å². The van der Waals surface area contributed by atoms with Gasteiger partial charge in [-0.15, -0.1) is 0 Å². The zero-order valence-corrected chi connectivity index (χ0v) is 16.5. The Morgan fingerprint density at radius 2 is 1.81 bits per heavy atom. The molecule has 1 aromatic carbocycles. The summed E-state index contributed by atoms with van der Waals surface area (Å²) in [6, 6.07) is 4.38. The van der Waals surface area contributed by atoms with Crippen molar-refractivity contribution in [3.63, 3.8) is 0 Å². The van der Waals surface area contributed by atoms with E-state index in [0.29, 0.717) is 16.6 Å². The Kier molecular flexibility index (Phi) is 6.43. The maximum atomic E-state index is 12.7. The first-order chi connectivity index (χ1) is 12.3. The molecule has 146 valence electrons. The average Bonchev–Trinajstić information content (AvgIpc) is 2.53. The summed E-state index contributed by atoms with van der Waals surface area (Å²) < 4.78 is 64.0. The van der Waals surface area contributed by atoms with E-state index >= 15 is 0 Å². The highest BCUT2D eigenvalue weighted by molar-refractivity contribution is 7.89. The highest BCUT2D eigenvalue weighted by atomic mass is 35.5. The first-order valence-corrected chi connectivity index (χ1v) is 9.58. The molecular formula is C15H10Cl3F3N2O3S. The Labute approximate surface area is 167 Å². The van der Waals surface area contributed by atoms with Crippen LogP contribution in [0, 0.1) is 0 Å². The van der Waals surface area contributed by atoms with Crippen LogP contribution in [0.15, 0.2) is 35.4 Å². The van der Waals surface area contributed by atoms with Crippen LogP contribution in [0.5, 0.6) is 0 Å². The van der Waals surface area contributed by atoms with Gasteiger partial charge >= 0.3 is 6.18 Å². The summed E-state index contributed by atoms with van der Waals surface area (Å²) in [4.78, 5) is 14.3. The third kappa shape index (κ3) is 4.91. The molecule has 0 radical (unpaired) electrons. The number of halogens is 6. The van der Waals surface area contributed by atoms with E-state index in [4.69, 9.17) is 34.8 Å². The van der Waals surface area contributed by atoms with E-state index in [1.807, 2.05) is 0 Å². The number of sulfonamides is 1. The number of carbonyl (C=O) groups is 1. The average molecular weight is 462 g/mol. The molecule has 0 spiro atoms. The Bertz CT molecular complexity index is 998. The van der Waals surface area contributed by atoms with E-state index in [2.05, 4.69) is 4.98 Å². The van der Waals surface area contributed by atoms with Crippen molar-refractivity contribution in [1.29, 1.82) is 0 Å². The molecule has 0 unspecified atom stereocenters. The zero-order valence-electron chi connectivity index (χ0n) is 13.4.